The number of fused-ring (bicyclic) bond motifs is 1. The fraction of sp³-hybridized carbons (Fsp3) is 0.118. The Labute approximate surface area is 141 Å². The SMILES string of the molecule is C[C@H](OC(=O)c1c(F)cccc1Cl)c1nc2ccccc2c(=O)[nH]1. The van der Waals surface area contributed by atoms with Crippen LogP contribution in [0, 0.1) is 5.82 Å². The molecule has 24 heavy (non-hydrogen) atoms. The summed E-state index contributed by atoms with van der Waals surface area (Å²) in [5, 5.41) is 0.379. The van der Waals surface area contributed by atoms with Gasteiger partial charge in [-0.05, 0) is 31.2 Å². The zero-order chi connectivity index (χ0) is 17.3. The lowest BCUT2D eigenvalue weighted by Gasteiger charge is -2.14. The van der Waals surface area contributed by atoms with E-state index < -0.39 is 17.9 Å². The molecular formula is C17H12ClFN2O3. The first-order chi connectivity index (χ1) is 11.5. The third-order valence-electron chi connectivity index (χ3n) is 3.47. The summed E-state index contributed by atoms with van der Waals surface area (Å²) < 4.78 is 19.0. The third-order valence-corrected chi connectivity index (χ3v) is 3.78. The molecule has 1 N–H and O–H groups in total. The molecule has 0 unspecified atom stereocenters. The Balaban J connectivity index is 1.91. The average Bonchev–Trinajstić information content (AvgIpc) is 2.54. The van der Waals surface area contributed by atoms with E-state index in [1.54, 1.807) is 24.3 Å². The van der Waals surface area contributed by atoms with Crippen molar-refractivity contribution in [2.45, 2.75) is 13.0 Å². The van der Waals surface area contributed by atoms with Gasteiger partial charge in [-0.2, -0.15) is 0 Å². The molecule has 7 heteroatoms. The van der Waals surface area contributed by atoms with E-state index in [2.05, 4.69) is 9.97 Å². The normalized spacial score (nSPS) is 12.1. The van der Waals surface area contributed by atoms with E-state index in [0.29, 0.717) is 10.9 Å². The number of rotatable bonds is 3. The number of ether oxygens (including phenoxy) is 1. The van der Waals surface area contributed by atoms with Gasteiger partial charge in [0.2, 0.25) is 0 Å². The number of para-hydroxylation sites is 1. The molecule has 0 saturated carbocycles. The van der Waals surface area contributed by atoms with E-state index in [4.69, 9.17) is 16.3 Å². The third kappa shape index (κ3) is 3.00. The minimum atomic E-state index is -0.929. The number of H-pyrrole nitrogens is 1. The number of nitrogens with one attached hydrogen (secondary N) is 1. The number of carbonyl (C=O) groups excluding carboxylic acids is 1. The molecular weight excluding hydrogens is 335 g/mol. The van der Waals surface area contributed by atoms with Gasteiger partial charge in [0.1, 0.15) is 11.4 Å². The van der Waals surface area contributed by atoms with E-state index >= 15 is 0 Å². The van der Waals surface area contributed by atoms with Crippen molar-refractivity contribution in [3.63, 3.8) is 0 Å². The maximum absolute atomic E-state index is 13.8. The number of aromatic amines is 1. The standard InChI is InChI=1S/C17H12ClFN2O3/c1-9(24-17(23)14-11(18)6-4-7-12(14)19)15-20-13-8-3-2-5-10(13)16(22)21-15/h2-9H,1H3,(H,20,21,22)/t9-/m0/s1. The van der Waals surface area contributed by atoms with Crippen molar-refractivity contribution in [3.8, 4) is 0 Å². The number of nitrogens with zero attached hydrogens (tertiary/aromatic N) is 1. The van der Waals surface area contributed by atoms with E-state index in [0.717, 1.165) is 6.07 Å². The summed E-state index contributed by atoms with van der Waals surface area (Å²) in [5.74, 6) is -1.54. The lowest BCUT2D eigenvalue weighted by molar-refractivity contribution is 0.0315. The minimum Gasteiger partial charge on any atom is -0.451 e. The predicted octanol–water partition coefficient (Wildman–Crippen LogP) is 3.63. The molecule has 0 saturated heterocycles. The lowest BCUT2D eigenvalue weighted by atomic mass is 10.2. The number of esters is 1. The molecule has 3 rings (SSSR count). The zero-order valence-electron chi connectivity index (χ0n) is 12.5. The van der Waals surface area contributed by atoms with Crippen molar-refractivity contribution in [2.75, 3.05) is 0 Å². The maximum Gasteiger partial charge on any atom is 0.343 e. The minimum absolute atomic E-state index is 0.0489. The summed E-state index contributed by atoms with van der Waals surface area (Å²) in [6.07, 6.45) is -0.884. The van der Waals surface area contributed by atoms with Crippen LogP contribution in [0.25, 0.3) is 10.9 Å². The first-order valence-corrected chi connectivity index (χ1v) is 7.49. The second-order valence-corrected chi connectivity index (χ2v) is 5.52. The molecule has 3 aromatic rings. The fourth-order valence-electron chi connectivity index (χ4n) is 2.27. The van der Waals surface area contributed by atoms with Crippen LogP contribution < -0.4 is 5.56 Å². The van der Waals surface area contributed by atoms with Crippen LogP contribution in [0.15, 0.2) is 47.3 Å². The largest absolute Gasteiger partial charge is 0.451 e. The van der Waals surface area contributed by atoms with E-state index in [-0.39, 0.29) is 22.0 Å². The molecule has 0 bridgehead atoms. The summed E-state index contributed by atoms with van der Waals surface area (Å²) in [5.41, 5.74) is -0.223. The van der Waals surface area contributed by atoms with Crippen LogP contribution in [-0.2, 0) is 4.74 Å². The molecule has 0 fully saturated rings. The smallest absolute Gasteiger partial charge is 0.343 e. The van der Waals surface area contributed by atoms with Crippen LogP contribution >= 0.6 is 11.6 Å². The van der Waals surface area contributed by atoms with Gasteiger partial charge in [0.25, 0.3) is 5.56 Å². The molecule has 0 radical (unpaired) electrons. The van der Waals surface area contributed by atoms with Crippen LogP contribution in [-0.4, -0.2) is 15.9 Å². The Kier molecular flexibility index (Phi) is 4.31. The van der Waals surface area contributed by atoms with Crippen LogP contribution in [0.4, 0.5) is 4.39 Å². The van der Waals surface area contributed by atoms with Crippen molar-refractivity contribution < 1.29 is 13.9 Å². The highest BCUT2D eigenvalue weighted by Crippen LogP contribution is 2.23. The molecule has 0 amide bonds. The maximum atomic E-state index is 13.8. The number of benzene rings is 2. The zero-order valence-corrected chi connectivity index (χ0v) is 13.3. The number of aromatic nitrogens is 2. The Hall–Kier alpha value is -2.73. The Morgan fingerprint density at radius 1 is 1.25 bits per heavy atom. The first kappa shape index (κ1) is 16.1. The Bertz CT molecular complexity index is 967. The van der Waals surface area contributed by atoms with Gasteiger partial charge in [-0.3, -0.25) is 4.79 Å². The van der Waals surface area contributed by atoms with Crippen molar-refractivity contribution >= 4 is 28.5 Å². The second-order valence-electron chi connectivity index (χ2n) is 5.11. The number of hydrogen-bond donors (Lipinski definition) is 1. The monoisotopic (exact) mass is 346 g/mol. The summed E-state index contributed by atoms with van der Waals surface area (Å²) in [4.78, 5) is 31.0. The second kappa shape index (κ2) is 6.41. The van der Waals surface area contributed by atoms with Gasteiger partial charge >= 0.3 is 5.97 Å². The molecule has 0 aliphatic rings. The van der Waals surface area contributed by atoms with Crippen LogP contribution in [0.5, 0.6) is 0 Å². The Morgan fingerprint density at radius 3 is 2.75 bits per heavy atom. The van der Waals surface area contributed by atoms with Crippen molar-refractivity contribution in [1.82, 2.24) is 9.97 Å². The van der Waals surface area contributed by atoms with Crippen molar-refractivity contribution in [1.29, 1.82) is 0 Å². The highest BCUT2D eigenvalue weighted by atomic mass is 35.5. The molecule has 0 aliphatic heterocycles. The first-order valence-electron chi connectivity index (χ1n) is 7.11. The van der Waals surface area contributed by atoms with Crippen molar-refractivity contribution in [3.05, 3.63) is 75.0 Å². The van der Waals surface area contributed by atoms with Crippen molar-refractivity contribution in [2.24, 2.45) is 0 Å². The molecule has 2 aromatic carbocycles. The number of carbonyl (C=O) groups is 1. The van der Waals surface area contributed by atoms with Crippen LogP contribution in [0.2, 0.25) is 5.02 Å². The topological polar surface area (TPSA) is 72.0 Å². The molecule has 0 spiro atoms. The van der Waals surface area contributed by atoms with E-state index in [1.807, 2.05) is 0 Å². The molecule has 5 nitrogen and oxygen atoms in total. The van der Waals surface area contributed by atoms with Gasteiger partial charge in [-0.15, -0.1) is 0 Å². The van der Waals surface area contributed by atoms with Gasteiger partial charge in [0, 0.05) is 0 Å². The Morgan fingerprint density at radius 2 is 2.00 bits per heavy atom. The van der Waals surface area contributed by atoms with Gasteiger partial charge in [-0.1, -0.05) is 29.8 Å². The summed E-state index contributed by atoms with van der Waals surface area (Å²) in [6.45, 7) is 1.53. The number of hydrogen-bond acceptors (Lipinski definition) is 4. The predicted molar refractivity (Wildman–Crippen MR) is 87.6 cm³/mol. The summed E-state index contributed by atoms with van der Waals surface area (Å²) in [7, 11) is 0. The fourth-order valence-corrected chi connectivity index (χ4v) is 2.51. The average molecular weight is 347 g/mol. The van der Waals surface area contributed by atoms with Crippen LogP contribution in [0.3, 0.4) is 0 Å². The lowest BCUT2D eigenvalue weighted by Crippen LogP contribution is -2.18. The molecule has 0 aliphatic carbocycles. The van der Waals surface area contributed by atoms with E-state index in [9.17, 15) is 14.0 Å². The van der Waals surface area contributed by atoms with Gasteiger partial charge in [-0.25, -0.2) is 14.2 Å². The highest BCUT2D eigenvalue weighted by molar-refractivity contribution is 6.33. The van der Waals surface area contributed by atoms with Gasteiger partial charge in [0.05, 0.1) is 15.9 Å². The molecule has 1 atom stereocenters. The van der Waals surface area contributed by atoms with E-state index in [1.165, 1.54) is 19.1 Å². The molecule has 122 valence electrons. The highest BCUT2D eigenvalue weighted by Gasteiger charge is 2.21. The van der Waals surface area contributed by atoms with Gasteiger partial charge < -0.3 is 9.72 Å². The quantitative estimate of drug-likeness (QED) is 0.735. The van der Waals surface area contributed by atoms with Crippen LogP contribution in [0.1, 0.15) is 29.2 Å². The summed E-state index contributed by atoms with van der Waals surface area (Å²) in [6, 6.07) is 10.7. The summed E-state index contributed by atoms with van der Waals surface area (Å²) >= 11 is 5.84. The molecule has 1 aromatic heterocycles. The van der Waals surface area contributed by atoms with Gasteiger partial charge in [0.15, 0.2) is 11.9 Å². The number of halogens is 2. The molecule has 1 heterocycles.